The first-order valence-corrected chi connectivity index (χ1v) is 2.82. The third kappa shape index (κ3) is 2.49. The van der Waals surface area contributed by atoms with Crippen LogP contribution in [0.15, 0.2) is 0 Å². The summed E-state index contributed by atoms with van der Waals surface area (Å²) in [4.78, 5) is 0. The van der Waals surface area contributed by atoms with E-state index in [0.717, 1.165) is 0 Å². The predicted octanol–water partition coefficient (Wildman–Crippen LogP) is -0.483. The maximum absolute atomic E-state index is 8.97. The SMILES string of the molecule is Cl.NC1COCCC1O. The highest BCUT2D eigenvalue weighted by Gasteiger charge is 2.18. The van der Waals surface area contributed by atoms with Crippen molar-refractivity contribution in [2.24, 2.45) is 5.73 Å². The molecule has 0 saturated carbocycles. The number of aliphatic hydroxyl groups excluding tert-OH is 1. The van der Waals surface area contributed by atoms with Crippen LogP contribution < -0.4 is 5.73 Å². The lowest BCUT2D eigenvalue weighted by atomic mass is 10.1. The second kappa shape index (κ2) is 4.06. The van der Waals surface area contributed by atoms with Crippen molar-refractivity contribution < 1.29 is 9.84 Å². The lowest BCUT2D eigenvalue weighted by molar-refractivity contribution is -0.00319. The van der Waals surface area contributed by atoms with Crippen LogP contribution in [0.2, 0.25) is 0 Å². The fraction of sp³-hybridized carbons (Fsp3) is 1.00. The zero-order valence-electron chi connectivity index (χ0n) is 5.12. The average Bonchev–Trinajstić information content (AvgIpc) is 1.77. The van der Waals surface area contributed by atoms with Gasteiger partial charge in [-0.25, -0.2) is 0 Å². The van der Waals surface area contributed by atoms with Crippen molar-refractivity contribution in [2.75, 3.05) is 13.2 Å². The fourth-order valence-corrected chi connectivity index (χ4v) is 0.749. The van der Waals surface area contributed by atoms with Crippen molar-refractivity contribution in [1.82, 2.24) is 0 Å². The Kier molecular flexibility index (Phi) is 4.14. The van der Waals surface area contributed by atoms with Gasteiger partial charge in [0, 0.05) is 6.61 Å². The molecule has 3 nitrogen and oxygen atoms in total. The van der Waals surface area contributed by atoms with Gasteiger partial charge in [-0.3, -0.25) is 0 Å². The highest BCUT2D eigenvalue weighted by atomic mass is 35.5. The minimum absolute atomic E-state index is 0. The first kappa shape index (κ1) is 9.17. The van der Waals surface area contributed by atoms with Crippen LogP contribution in [0.4, 0.5) is 0 Å². The van der Waals surface area contributed by atoms with E-state index in [1.165, 1.54) is 0 Å². The molecule has 0 aliphatic carbocycles. The number of aliphatic hydroxyl groups is 1. The molecule has 9 heavy (non-hydrogen) atoms. The van der Waals surface area contributed by atoms with E-state index >= 15 is 0 Å². The number of ether oxygens (including phenoxy) is 1. The van der Waals surface area contributed by atoms with Crippen molar-refractivity contribution >= 4 is 12.4 Å². The molecule has 0 amide bonds. The Bertz CT molecular complexity index is 71.4. The van der Waals surface area contributed by atoms with Crippen LogP contribution in [0.5, 0.6) is 0 Å². The largest absolute Gasteiger partial charge is 0.391 e. The van der Waals surface area contributed by atoms with Crippen molar-refractivity contribution in [3.63, 3.8) is 0 Å². The van der Waals surface area contributed by atoms with Crippen LogP contribution in [0.1, 0.15) is 6.42 Å². The summed E-state index contributed by atoms with van der Waals surface area (Å²) in [6, 6.07) is -0.163. The zero-order chi connectivity index (χ0) is 5.98. The van der Waals surface area contributed by atoms with Gasteiger partial charge in [0.1, 0.15) is 0 Å². The summed E-state index contributed by atoms with van der Waals surface area (Å²) in [6.07, 6.45) is 0.338. The van der Waals surface area contributed by atoms with E-state index in [4.69, 9.17) is 15.6 Å². The predicted molar refractivity (Wildman–Crippen MR) is 36.7 cm³/mol. The van der Waals surface area contributed by atoms with Crippen molar-refractivity contribution in [2.45, 2.75) is 18.6 Å². The van der Waals surface area contributed by atoms with E-state index in [2.05, 4.69) is 0 Å². The Morgan fingerprint density at radius 1 is 1.56 bits per heavy atom. The Morgan fingerprint density at radius 3 is 2.56 bits per heavy atom. The molecular weight excluding hydrogens is 142 g/mol. The average molecular weight is 154 g/mol. The van der Waals surface area contributed by atoms with Gasteiger partial charge in [0.2, 0.25) is 0 Å². The molecule has 0 bridgehead atoms. The van der Waals surface area contributed by atoms with Gasteiger partial charge in [-0.05, 0) is 6.42 Å². The third-order valence-corrected chi connectivity index (χ3v) is 1.36. The van der Waals surface area contributed by atoms with E-state index in [9.17, 15) is 0 Å². The molecule has 1 saturated heterocycles. The number of hydrogen-bond donors (Lipinski definition) is 2. The van der Waals surface area contributed by atoms with Gasteiger partial charge in [-0.2, -0.15) is 0 Å². The van der Waals surface area contributed by atoms with E-state index in [-0.39, 0.29) is 24.6 Å². The smallest absolute Gasteiger partial charge is 0.0735 e. The Balaban J connectivity index is 0.000000640. The van der Waals surface area contributed by atoms with Crippen LogP contribution in [0, 0.1) is 0 Å². The molecule has 0 spiro atoms. The van der Waals surface area contributed by atoms with Crippen LogP contribution in [-0.2, 0) is 4.74 Å². The lowest BCUT2D eigenvalue weighted by Gasteiger charge is -2.23. The van der Waals surface area contributed by atoms with Crippen molar-refractivity contribution in [3.05, 3.63) is 0 Å². The maximum Gasteiger partial charge on any atom is 0.0735 e. The molecule has 2 unspecified atom stereocenters. The Labute approximate surface area is 60.6 Å². The number of nitrogens with two attached hydrogens (primary N) is 1. The van der Waals surface area contributed by atoms with E-state index in [1.807, 2.05) is 0 Å². The zero-order valence-corrected chi connectivity index (χ0v) is 5.93. The van der Waals surface area contributed by atoms with Crippen LogP contribution in [-0.4, -0.2) is 30.5 Å². The lowest BCUT2D eigenvalue weighted by Crippen LogP contribution is -2.43. The van der Waals surface area contributed by atoms with Gasteiger partial charge in [0.25, 0.3) is 0 Å². The monoisotopic (exact) mass is 153 g/mol. The quantitative estimate of drug-likeness (QED) is 0.494. The highest BCUT2D eigenvalue weighted by molar-refractivity contribution is 5.85. The fourth-order valence-electron chi connectivity index (χ4n) is 0.749. The summed E-state index contributed by atoms with van der Waals surface area (Å²) in [7, 11) is 0. The van der Waals surface area contributed by atoms with E-state index in [1.54, 1.807) is 0 Å². The summed E-state index contributed by atoms with van der Waals surface area (Å²) < 4.78 is 4.97. The first-order valence-electron chi connectivity index (χ1n) is 2.82. The molecule has 1 rings (SSSR count). The number of rotatable bonds is 0. The minimum Gasteiger partial charge on any atom is -0.391 e. The molecule has 2 atom stereocenters. The molecule has 0 aromatic heterocycles. The first-order chi connectivity index (χ1) is 3.80. The van der Waals surface area contributed by atoms with Gasteiger partial charge >= 0.3 is 0 Å². The van der Waals surface area contributed by atoms with E-state index in [0.29, 0.717) is 19.6 Å². The molecular formula is C5H12ClNO2. The molecule has 4 heteroatoms. The number of hydrogen-bond acceptors (Lipinski definition) is 3. The Hall–Kier alpha value is 0.170. The standard InChI is InChI=1S/C5H11NO2.ClH/c6-4-3-8-2-1-5(4)7;/h4-5,7H,1-3,6H2;1H. The summed E-state index contributed by atoms with van der Waals surface area (Å²) in [5, 5.41) is 8.97. The van der Waals surface area contributed by atoms with Crippen molar-refractivity contribution in [3.8, 4) is 0 Å². The number of halogens is 1. The molecule has 1 aliphatic heterocycles. The second-order valence-electron chi connectivity index (χ2n) is 2.09. The molecule has 3 N–H and O–H groups in total. The molecule has 0 aromatic carbocycles. The summed E-state index contributed by atoms with van der Waals surface area (Å²) in [5.74, 6) is 0. The topological polar surface area (TPSA) is 55.5 Å². The van der Waals surface area contributed by atoms with E-state index < -0.39 is 0 Å². The Morgan fingerprint density at radius 2 is 2.22 bits per heavy atom. The summed E-state index contributed by atoms with van der Waals surface area (Å²) in [5.41, 5.74) is 5.40. The molecule has 0 aromatic rings. The van der Waals surface area contributed by atoms with Gasteiger partial charge in [0.05, 0.1) is 18.8 Å². The van der Waals surface area contributed by atoms with Crippen molar-refractivity contribution in [1.29, 1.82) is 0 Å². The molecule has 1 heterocycles. The summed E-state index contributed by atoms with van der Waals surface area (Å²) in [6.45, 7) is 1.15. The van der Waals surface area contributed by atoms with Gasteiger partial charge < -0.3 is 15.6 Å². The van der Waals surface area contributed by atoms with Gasteiger partial charge in [-0.1, -0.05) is 0 Å². The van der Waals surface area contributed by atoms with Gasteiger partial charge in [0.15, 0.2) is 0 Å². The molecule has 1 aliphatic rings. The van der Waals surface area contributed by atoms with Crippen LogP contribution in [0.25, 0.3) is 0 Å². The third-order valence-electron chi connectivity index (χ3n) is 1.36. The van der Waals surface area contributed by atoms with Gasteiger partial charge in [-0.15, -0.1) is 12.4 Å². The molecule has 1 fully saturated rings. The molecule has 56 valence electrons. The molecule has 0 radical (unpaired) electrons. The normalized spacial score (nSPS) is 35.3. The minimum atomic E-state index is -0.344. The summed E-state index contributed by atoms with van der Waals surface area (Å²) >= 11 is 0. The maximum atomic E-state index is 8.97. The van der Waals surface area contributed by atoms with Crippen LogP contribution in [0.3, 0.4) is 0 Å². The second-order valence-corrected chi connectivity index (χ2v) is 2.09. The van der Waals surface area contributed by atoms with Crippen LogP contribution >= 0.6 is 12.4 Å². The highest BCUT2D eigenvalue weighted by Crippen LogP contribution is 2.03.